The third-order valence-electron chi connectivity index (χ3n) is 5.90. The third kappa shape index (κ3) is 4.83. The largest absolute Gasteiger partial charge is 0.379 e. The lowest BCUT2D eigenvalue weighted by Gasteiger charge is -2.35. The molecule has 0 amide bonds. The van der Waals surface area contributed by atoms with Gasteiger partial charge >= 0.3 is 0 Å². The molecule has 2 aliphatic rings. The van der Waals surface area contributed by atoms with Crippen LogP contribution in [0.5, 0.6) is 0 Å². The van der Waals surface area contributed by atoms with E-state index in [1.807, 2.05) is 0 Å². The van der Waals surface area contributed by atoms with E-state index in [-0.39, 0.29) is 23.9 Å². The summed E-state index contributed by atoms with van der Waals surface area (Å²) in [6.07, 6.45) is 0.995. The van der Waals surface area contributed by atoms with E-state index in [1.165, 1.54) is 23.4 Å². The second kappa shape index (κ2) is 9.01. The normalized spacial score (nSPS) is 18.4. The molecule has 1 atom stereocenters. The van der Waals surface area contributed by atoms with Crippen LogP contribution in [-0.4, -0.2) is 59.8 Å². The maximum atomic E-state index is 13.9. The highest BCUT2D eigenvalue weighted by atomic mass is 32.2. The average molecular weight is 434 g/mol. The first-order chi connectivity index (χ1) is 14.4. The number of likely N-dealkylation sites (N-methyl/N-ethyl adjacent to an activating group) is 1. The van der Waals surface area contributed by atoms with Crippen LogP contribution in [0.25, 0.3) is 0 Å². The molecule has 6 nitrogen and oxygen atoms in total. The van der Waals surface area contributed by atoms with Crippen LogP contribution >= 0.6 is 0 Å². The van der Waals surface area contributed by atoms with Gasteiger partial charge in [0.25, 0.3) is 0 Å². The predicted octanol–water partition coefficient (Wildman–Crippen LogP) is 2.31. The SMILES string of the molecule is CN1CCc2cc([C@@H](CNS(=O)(=O)Cc3ccccc3F)N3CCOCC3)ccc21. The number of hydrogen-bond donors (Lipinski definition) is 1. The van der Waals surface area contributed by atoms with Crippen molar-refractivity contribution < 1.29 is 17.5 Å². The highest BCUT2D eigenvalue weighted by Crippen LogP contribution is 2.31. The molecule has 0 spiro atoms. The first kappa shape index (κ1) is 21.2. The number of benzene rings is 2. The summed E-state index contributed by atoms with van der Waals surface area (Å²) in [7, 11) is -1.59. The molecular formula is C22H28FN3O3S. The second-order valence-electron chi connectivity index (χ2n) is 7.92. The Bertz CT molecular complexity index is 993. The Morgan fingerprint density at radius 3 is 2.67 bits per heavy atom. The topological polar surface area (TPSA) is 61.9 Å². The molecule has 0 aromatic heterocycles. The fraction of sp³-hybridized carbons (Fsp3) is 0.455. The fourth-order valence-electron chi connectivity index (χ4n) is 4.22. The molecule has 0 saturated carbocycles. The van der Waals surface area contributed by atoms with Crippen LogP contribution in [0, 0.1) is 5.82 Å². The fourth-order valence-corrected chi connectivity index (χ4v) is 5.38. The number of halogens is 1. The van der Waals surface area contributed by atoms with Gasteiger partial charge in [-0.2, -0.15) is 0 Å². The molecule has 30 heavy (non-hydrogen) atoms. The molecule has 2 aromatic carbocycles. The molecule has 8 heteroatoms. The van der Waals surface area contributed by atoms with Gasteiger partial charge in [-0.05, 0) is 29.7 Å². The average Bonchev–Trinajstić information content (AvgIpc) is 3.11. The molecule has 0 unspecified atom stereocenters. The van der Waals surface area contributed by atoms with Crippen molar-refractivity contribution in [3.63, 3.8) is 0 Å². The molecule has 4 rings (SSSR count). The number of anilines is 1. The van der Waals surface area contributed by atoms with Crippen LogP contribution in [0.2, 0.25) is 0 Å². The highest BCUT2D eigenvalue weighted by molar-refractivity contribution is 7.88. The number of fused-ring (bicyclic) bond motifs is 1. The van der Waals surface area contributed by atoms with Crippen molar-refractivity contribution in [2.75, 3.05) is 51.3 Å². The Morgan fingerprint density at radius 1 is 1.13 bits per heavy atom. The van der Waals surface area contributed by atoms with Crippen LogP contribution in [-0.2, 0) is 26.9 Å². The molecule has 0 bridgehead atoms. The van der Waals surface area contributed by atoms with Crippen molar-refractivity contribution in [3.8, 4) is 0 Å². The molecule has 2 aliphatic heterocycles. The van der Waals surface area contributed by atoms with Crippen molar-refractivity contribution in [2.24, 2.45) is 0 Å². The van der Waals surface area contributed by atoms with Crippen LogP contribution in [0.1, 0.15) is 22.7 Å². The summed E-state index contributed by atoms with van der Waals surface area (Å²) in [5.74, 6) is -0.875. The third-order valence-corrected chi connectivity index (χ3v) is 7.20. The number of morpholine rings is 1. The van der Waals surface area contributed by atoms with E-state index in [1.54, 1.807) is 12.1 Å². The van der Waals surface area contributed by atoms with Crippen molar-refractivity contribution in [1.82, 2.24) is 9.62 Å². The number of sulfonamides is 1. The van der Waals surface area contributed by atoms with E-state index in [9.17, 15) is 12.8 Å². The molecule has 1 N–H and O–H groups in total. The molecular weight excluding hydrogens is 405 g/mol. The number of rotatable bonds is 7. The Morgan fingerprint density at radius 2 is 1.90 bits per heavy atom. The summed E-state index contributed by atoms with van der Waals surface area (Å²) < 4.78 is 47.5. The minimum Gasteiger partial charge on any atom is -0.379 e. The van der Waals surface area contributed by atoms with Crippen molar-refractivity contribution in [1.29, 1.82) is 0 Å². The van der Waals surface area contributed by atoms with Gasteiger partial charge in [-0.3, -0.25) is 4.90 Å². The Hall–Kier alpha value is -2.00. The first-order valence-electron chi connectivity index (χ1n) is 10.3. The lowest BCUT2D eigenvalue weighted by molar-refractivity contribution is 0.0172. The molecule has 0 aliphatic carbocycles. The zero-order valence-corrected chi connectivity index (χ0v) is 18.0. The van der Waals surface area contributed by atoms with Crippen molar-refractivity contribution in [3.05, 3.63) is 65.0 Å². The minimum absolute atomic E-state index is 0.0968. The summed E-state index contributed by atoms with van der Waals surface area (Å²) in [6, 6.07) is 12.3. The maximum Gasteiger partial charge on any atom is 0.215 e. The lowest BCUT2D eigenvalue weighted by atomic mass is 10.0. The van der Waals surface area contributed by atoms with E-state index in [0.29, 0.717) is 13.2 Å². The van der Waals surface area contributed by atoms with Crippen LogP contribution < -0.4 is 9.62 Å². The van der Waals surface area contributed by atoms with Gasteiger partial charge in [0.1, 0.15) is 5.82 Å². The Kier molecular flexibility index (Phi) is 6.38. The van der Waals surface area contributed by atoms with E-state index < -0.39 is 15.8 Å². The number of nitrogens with zero attached hydrogens (tertiary/aromatic N) is 2. The maximum absolute atomic E-state index is 13.9. The molecule has 0 radical (unpaired) electrons. The molecule has 2 aromatic rings. The summed E-state index contributed by atoms with van der Waals surface area (Å²) in [6.45, 7) is 3.99. The van der Waals surface area contributed by atoms with Crippen LogP contribution in [0.3, 0.4) is 0 Å². The lowest BCUT2D eigenvalue weighted by Crippen LogP contribution is -2.44. The molecule has 1 fully saturated rings. The van der Waals surface area contributed by atoms with E-state index in [0.717, 1.165) is 31.6 Å². The summed E-state index contributed by atoms with van der Waals surface area (Å²) in [5, 5.41) is 0. The zero-order chi connectivity index (χ0) is 21.1. The van der Waals surface area contributed by atoms with Crippen LogP contribution in [0.15, 0.2) is 42.5 Å². The second-order valence-corrected chi connectivity index (χ2v) is 9.73. The quantitative estimate of drug-likeness (QED) is 0.726. The van der Waals surface area contributed by atoms with Crippen molar-refractivity contribution in [2.45, 2.75) is 18.2 Å². The number of nitrogens with one attached hydrogen (secondary N) is 1. The minimum atomic E-state index is -3.68. The molecule has 2 heterocycles. The number of ether oxygens (including phenoxy) is 1. The van der Waals surface area contributed by atoms with E-state index in [2.05, 4.69) is 39.8 Å². The Balaban J connectivity index is 1.53. The molecule has 1 saturated heterocycles. The van der Waals surface area contributed by atoms with Gasteiger partial charge in [-0.25, -0.2) is 17.5 Å². The number of hydrogen-bond acceptors (Lipinski definition) is 5. The van der Waals surface area contributed by atoms with Gasteiger partial charge in [0.15, 0.2) is 0 Å². The Labute approximate surface area is 177 Å². The molecule has 162 valence electrons. The summed E-state index contributed by atoms with van der Waals surface area (Å²) in [4.78, 5) is 4.50. The first-order valence-corrected chi connectivity index (χ1v) is 11.9. The van der Waals surface area contributed by atoms with Gasteiger partial charge in [0.2, 0.25) is 10.0 Å². The monoisotopic (exact) mass is 433 g/mol. The van der Waals surface area contributed by atoms with E-state index >= 15 is 0 Å². The predicted molar refractivity (Wildman–Crippen MR) is 116 cm³/mol. The van der Waals surface area contributed by atoms with Gasteiger partial charge in [-0.15, -0.1) is 0 Å². The summed E-state index contributed by atoms with van der Waals surface area (Å²) in [5.41, 5.74) is 3.80. The van der Waals surface area contributed by atoms with Gasteiger partial charge < -0.3 is 9.64 Å². The van der Waals surface area contributed by atoms with Crippen LogP contribution in [0.4, 0.5) is 10.1 Å². The summed E-state index contributed by atoms with van der Waals surface area (Å²) >= 11 is 0. The van der Waals surface area contributed by atoms with Gasteiger partial charge in [-0.1, -0.05) is 30.3 Å². The van der Waals surface area contributed by atoms with Crippen molar-refractivity contribution >= 4 is 15.7 Å². The van der Waals surface area contributed by atoms with Gasteiger partial charge in [0, 0.05) is 50.5 Å². The smallest absolute Gasteiger partial charge is 0.215 e. The zero-order valence-electron chi connectivity index (χ0n) is 17.2. The standard InChI is InChI=1S/C22H28FN3O3S/c1-25-9-8-18-14-17(6-7-21(18)25)22(26-10-12-29-13-11-26)15-24-30(27,28)16-19-4-2-3-5-20(19)23/h2-7,14,22,24H,8-13,15-16H2,1H3/t22-/m1/s1. The highest BCUT2D eigenvalue weighted by Gasteiger charge is 2.26. The van der Waals surface area contributed by atoms with Gasteiger partial charge in [0.05, 0.1) is 19.0 Å². The van der Waals surface area contributed by atoms with E-state index in [4.69, 9.17) is 4.74 Å².